The third-order valence-corrected chi connectivity index (χ3v) is 6.25. The highest BCUT2D eigenvalue weighted by molar-refractivity contribution is 5.85. The Balaban J connectivity index is 0.00000153. The third-order valence-electron chi connectivity index (χ3n) is 6.25. The SMILES string of the molecule is Cc1nc2c(O)cccn2c(=O)c1CCN1CCC(c2noc3cc(F)ccc23)CC1.Cl.Cl. The Bertz CT molecular complexity index is 1330. The van der Waals surface area contributed by atoms with Crippen molar-refractivity contribution in [1.29, 1.82) is 0 Å². The van der Waals surface area contributed by atoms with Crippen molar-refractivity contribution >= 4 is 41.4 Å². The first-order valence-corrected chi connectivity index (χ1v) is 10.5. The van der Waals surface area contributed by atoms with Crippen molar-refractivity contribution < 1.29 is 14.0 Å². The van der Waals surface area contributed by atoms with Crippen LogP contribution in [0, 0.1) is 12.7 Å². The van der Waals surface area contributed by atoms with Crippen LogP contribution in [0.5, 0.6) is 5.75 Å². The van der Waals surface area contributed by atoms with Crippen LogP contribution in [-0.4, -0.2) is 44.2 Å². The zero-order valence-electron chi connectivity index (χ0n) is 18.0. The molecule has 1 aliphatic heterocycles. The smallest absolute Gasteiger partial charge is 0.261 e. The summed E-state index contributed by atoms with van der Waals surface area (Å²) in [6.07, 6.45) is 4.10. The second-order valence-electron chi connectivity index (χ2n) is 8.14. The highest BCUT2D eigenvalue weighted by Crippen LogP contribution is 2.32. The molecule has 0 spiro atoms. The number of aromatic hydroxyl groups is 1. The number of benzene rings is 1. The summed E-state index contributed by atoms with van der Waals surface area (Å²) >= 11 is 0. The quantitative estimate of drug-likeness (QED) is 0.456. The van der Waals surface area contributed by atoms with Crippen molar-refractivity contribution in [3.05, 3.63) is 69.7 Å². The van der Waals surface area contributed by atoms with Crippen LogP contribution < -0.4 is 5.56 Å². The van der Waals surface area contributed by atoms with E-state index in [0.717, 1.165) is 43.6 Å². The lowest BCUT2D eigenvalue weighted by Gasteiger charge is -2.31. The molecule has 1 N–H and O–H groups in total. The minimum absolute atomic E-state index is 0. The normalized spacial score (nSPS) is 14.8. The fourth-order valence-electron chi connectivity index (χ4n) is 4.50. The molecule has 176 valence electrons. The predicted octanol–water partition coefficient (Wildman–Crippen LogP) is 4.25. The summed E-state index contributed by atoms with van der Waals surface area (Å²) in [7, 11) is 0. The van der Waals surface area contributed by atoms with Gasteiger partial charge in [-0.05, 0) is 63.5 Å². The molecule has 0 saturated carbocycles. The van der Waals surface area contributed by atoms with E-state index in [-0.39, 0.29) is 53.5 Å². The van der Waals surface area contributed by atoms with E-state index in [0.29, 0.717) is 23.3 Å². The first-order chi connectivity index (χ1) is 15.0. The summed E-state index contributed by atoms with van der Waals surface area (Å²) < 4.78 is 20.1. The van der Waals surface area contributed by atoms with Gasteiger partial charge >= 0.3 is 0 Å². The zero-order chi connectivity index (χ0) is 21.5. The zero-order valence-corrected chi connectivity index (χ0v) is 19.7. The van der Waals surface area contributed by atoms with E-state index in [2.05, 4.69) is 15.0 Å². The molecule has 4 heterocycles. The number of nitrogens with zero attached hydrogens (tertiary/aromatic N) is 4. The molecule has 0 radical (unpaired) electrons. The van der Waals surface area contributed by atoms with Crippen LogP contribution in [0.4, 0.5) is 4.39 Å². The van der Waals surface area contributed by atoms with Crippen molar-refractivity contribution in [2.24, 2.45) is 0 Å². The van der Waals surface area contributed by atoms with E-state index in [1.54, 1.807) is 18.3 Å². The number of aryl methyl sites for hydroxylation is 1. The van der Waals surface area contributed by atoms with E-state index >= 15 is 0 Å². The van der Waals surface area contributed by atoms with Gasteiger partial charge in [-0.3, -0.25) is 9.20 Å². The summed E-state index contributed by atoms with van der Waals surface area (Å²) in [5.74, 6) is -0.0466. The summed E-state index contributed by atoms with van der Waals surface area (Å²) in [6, 6.07) is 7.72. The van der Waals surface area contributed by atoms with Gasteiger partial charge in [0.15, 0.2) is 17.0 Å². The van der Waals surface area contributed by atoms with Gasteiger partial charge in [0.2, 0.25) is 0 Å². The maximum atomic E-state index is 13.4. The fourth-order valence-corrected chi connectivity index (χ4v) is 4.50. The minimum atomic E-state index is -0.324. The van der Waals surface area contributed by atoms with Crippen LogP contribution in [0.1, 0.15) is 35.7 Å². The Kier molecular flexibility index (Phi) is 7.62. The van der Waals surface area contributed by atoms with Gasteiger partial charge in [0.25, 0.3) is 5.56 Å². The number of halogens is 3. The van der Waals surface area contributed by atoms with Crippen molar-refractivity contribution in [3.8, 4) is 5.75 Å². The first kappa shape index (κ1) is 25.0. The predicted molar refractivity (Wildman–Crippen MR) is 128 cm³/mol. The number of hydrogen-bond donors (Lipinski definition) is 1. The lowest BCUT2D eigenvalue weighted by atomic mass is 9.91. The lowest BCUT2D eigenvalue weighted by Crippen LogP contribution is -2.35. The molecular weight excluding hydrogens is 470 g/mol. The lowest BCUT2D eigenvalue weighted by molar-refractivity contribution is 0.211. The number of piperidine rings is 1. The van der Waals surface area contributed by atoms with Gasteiger partial charge in [0.1, 0.15) is 5.82 Å². The standard InChI is InChI=1S/C23H23FN4O3.2ClH/c1-14-17(23(30)28-9-2-3-19(29)22(28)25-14)8-12-27-10-6-15(7-11-27)21-18-5-4-16(24)13-20(18)31-26-21;;/h2-5,9,13,15,29H,6-8,10-12H2,1H3;2*1H. The summed E-state index contributed by atoms with van der Waals surface area (Å²) in [5, 5.41) is 15.1. The molecule has 0 bridgehead atoms. The highest BCUT2D eigenvalue weighted by Gasteiger charge is 2.25. The van der Waals surface area contributed by atoms with Crippen LogP contribution in [0.15, 0.2) is 45.8 Å². The average Bonchev–Trinajstić information content (AvgIpc) is 3.18. The van der Waals surface area contributed by atoms with Crippen molar-refractivity contribution in [3.63, 3.8) is 0 Å². The van der Waals surface area contributed by atoms with Gasteiger partial charge in [0, 0.05) is 41.4 Å². The topological polar surface area (TPSA) is 83.9 Å². The molecule has 1 aromatic carbocycles. The molecule has 0 aliphatic carbocycles. The van der Waals surface area contributed by atoms with Gasteiger partial charge in [-0.1, -0.05) is 5.16 Å². The van der Waals surface area contributed by atoms with Crippen molar-refractivity contribution in [1.82, 2.24) is 19.4 Å². The van der Waals surface area contributed by atoms with Crippen LogP contribution in [0.25, 0.3) is 16.6 Å². The Morgan fingerprint density at radius 2 is 1.97 bits per heavy atom. The largest absolute Gasteiger partial charge is 0.504 e. The van der Waals surface area contributed by atoms with E-state index in [9.17, 15) is 14.3 Å². The summed E-state index contributed by atoms with van der Waals surface area (Å²) in [6.45, 7) is 4.36. The third kappa shape index (κ3) is 4.69. The number of pyridine rings is 1. The fraction of sp³-hybridized carbons (Fsp3) is 0.348. The highest BCUT2D eigenvalue weighted by atomic mass is 35.5. The molecule has 4 aromatic rings. The first-order valence-electron chi connectivity index (χ1n) is 10.5. The number of aromatic nitrogens is 3. The Hall–Kier alpha value is -2.68. The van der Waals surface area contributed by atoms with Crippen molar-refractivity contribution in [2.45, 2.75) is 32.1 Å². The molecule has 0 amide bonds. The molecule has 1 saturated heterocycles. The van der Waals surface area contributed by atoms with E-state index < -0.39 is 0 Å². The molecule has 5 rings (SSSR count). The molecule has 1 aliphatic rings. The molecule has 33 heavy (non-hydrogen) atoms. The summed E-state index contributed by atoms with van der Waals surface area (Å²) in [5.41, 5.74) is 2.88. The Labute approximate surface area is 202 Å². The van der Waals surface area contributed by atoms with Gasteiger partial charge in [-0.25, -0.2) is 9.37 Å². The number of rotatable bonds is 4. The van der Waals surface area contributed by atoms with Crippen LogP contribution in [0.3, 0.4) is 0 Å². The molecule has 0 atom stereocenters. The Morgan fingerprint density at radius 3 is 2.73 bits per heavy atom. The van der Waals surface area contributed by atoms with Gasteiger partial charge < -0.3 is 14.5 Å². The number of likely N-dealkylation sites (tertiary alicyclic amines) is 1. The second-order valence-corrected chi connectivity index (χ2v) is 8.14. The van der Waals surface area contributed by atoms with E-state index in [1.807, 2.05) is 6.92 Å². The minimum Gasteiger partial charge on any atom is -0.504 e. The monoisotopic (exact) mass is 494 g/mol. The molecule has 1 fully saturated rings. The molecule has 10 heteroatoms. The van der Waals surface area contributed by atoms with E-state index in [4.69, 9.17) is 4.52 Å². The second kappa shape index (κ2) is 10.1. The summed E-state index contributed by atoms with van der Waals surface area (Å²) in [4.78, 5) is 19.6. The van der Waals surface area contributed by atoms with Crippen LogP contribution in [0.2, 0.25) is 0 Å². The maximum Gasteiger partial charge on any atom is 0.261 e. The van der Waals surface area contributed by atoms with Gasteiger partial charge in [0.05, 0.1) is 5.69 Å². The molecule has 7 nitrogen and oxygen atoms in total. The molecular formula is C23H25Cl2FN4O3. The molecule has 3 aromatic heterocycles. The number of fused-ring (bicyclic) bond motifs is 2. The van der Waals surface area contributed by atoms with E-state index in [1.165, 1.54) is 22.6 Å². The molecule has 0 unspecified atom stereocenters. The van der Waals surface area contributed by atoms with Crippen LogP contribution >= 0.6 is 24.8 Å². The van der Waals surface area contributed by atoms with Crippen molar-refractivity contribution in [2.75, 3.05) is 19.6 Å². The van der Waals surface area contributed by atoms with Gasteiger partial charge in [-0.2, -0.15) is 0 Å². The number of hydrogen-bond acceptors (Lipinski definition) is 6. The van der Waals surface area contributed by atoms with Crippen LogP contribution in [-0.2, 0) is 6.42 Å². The Morgan fingerprint density at radius 1 is 1.21 bits per heavy atom. The average molecular weight is 495 g/mol. The van der Waals surface area contributed by atoms with Gasteiger partial charge in [-0.15, -0.1) is 24.8 Å². The maximum absolute atomic E-state index is 13.4.